The van der Waals surface area contributed by atoms with Crippen LogP contribution in [0.4, 0.5) is 0 Å². The van der Waals surface area contributed by atoms with E-state index in [1.807, 2.05) is 12.2 Å². The van der Waals surface area contributed by atoms with E-state index < -0.39 is 97.5 Å². The summed E-state index contributed by atoms with van der Waals surface area (Å²) in [6.07, 6.45) is 92.5. The number of ether oxygens (including phenoxy) is 4. The van der Waals surface area contributed by atoms with E-state index in [4.69, 9.17) is 37.0 Å². The number of unbranched alkanes of at least 4 members (excludes halogenated alkanes) is 28. The standard InChI is InChI=1S/C89H150O17P2/c1-5-9-13-17-21-25-29-33-37-39-41-43-47-50-54-58-62-66-70-74-87(92)100-80-84(105-88(93)75-71-67-63-59-55-51-46-36-32-28-24-20-16-12-8-4)81-103-107(95,96)101-77-83(90)78-102-108(97,98)104-82-85(79-99-86(91)73-69-65-61-57-53-49-45-35-31-27-23-19-15-11-7-3)106-89(94)76-72-68-64-60-56-52-48-44-42-40-38-34-30-26-22-18-14-10-6-2/h10,14,21-23,25-27,33-35,37-38,41-45,50,52,54,56,62,66,83-85,90H,5-9,11-13,15-20,24,28-32,36,39-40,46-49,51,53,55,57-61,63-65,67-82H2,1-4H3,(H,95,96)(H,97,98)/b14-10-,25-21-,26-22-,27-23-,37-33-,38-34-,43-41-,44-42-,45-35-,54-50-,56-52-,66-62-/t83-,84-,85-/m1/s1. The molecule has 0 spiro atoms. The number of rotatable bonds is 78. The molecule has 0 aliphatic carbocycles. The van der Waals surface area contributed by atoms with Crippen LogP contribution in [0.2, 0.25) is 0 Å². The van der Waals surface area contributed by atoms with Gasteiger partial charge in [-0.3, -0.25) is 37.3 Å². The van der Waals surface area contributed by atoms with Gasteiger partial charge in [0.15, 0.2) is 12.2 Å². The number of carbonyl (C=O) groups is 4. The van der Waals surface area contributed by atoms with Gasteiger partial charge in [-0.05, 0) is 141 Å². The average Bonchev–Trinajstić information content (AvgIpc) is 0.899. The lowest BCUT2D eigenvalue weighted by Gasteiger charge is -2.21. The second-order valence-corrected chi connectivity index (χ2v) is 30.6. The maximum atomic E-state index is 13.1. The van der Waals surface area contributed by atoms with Crippen molar-refractivity contribution in [1.29, 1.82) is 0 Å². The van der Waals surface area contributed by atoms with Crippen LogP contribution >= 0.6 is 15.6 Å². The Balaban J connectivity index is 5.48. The summed E-state index contributed by atoms with van der Waals surface area (Å²) >= 11 is 0. The summed E-state index contributed by atoms with van der Waals surface area (Å²) in [6, 6.07) is 0. The molecule has 0 fully saturated rings. The number of phosphoric acid groups is 2. The molecule has 0 saturated carbocycles. The number of aliphatic hydroxyl groups is 1. The molecule has 17 nitrogen and oxygen atoms in total. The van der Waals surface area contributed by atoms with Crippen molar-refractivity contribution < 1.29 is 80.2 Å². The van der Waals surface area contributed by atoms with Crippen molar-refractivity contribution >= 4 is 39.5 Å². The van der Waals surface area contributed by atoms with Crippen LogP contribution in [0.3, 0.4) is 0 Å². The van der Waals surface area contributed by atoms with Crippen molar-refractivity contribution in [3.63, 3.8) is 0 Å². The van der Waals surface area contributed by atoms with Crippen LogP contribution in [0.1, 0.15) is 336 Å². The van der Waals surface area contributed by atoms with Crippen LogP contribution in [0.5, 0.6) is 0 Å². The average molecular weight is 1550 g/mol. The van der Waals surface area contributed by atoms with E-state index in [0.717, 1.165) is 148 Å². The Labute approximate surface area is 656 Å². The van der Waals surface area contributed by atoms with Crippen molar-refractivity contribution in [2.24, 2.45) is 0 Å². The first-order chi connectivity index (χ1) is 52.7. The minimum atomic E-state index is -5.00. The lowest BCUT2D eigenvalue weighted by molar-refractivity contribution is -0.161. The quantitative estimate of drug-likeness (QED) is 0.0169. The summed E-state index contributed by atoms with van der Waals surface area (Å²) in [4.78, 5) is 73.2. The molecule has 2 unspecified atom stereocenters. The minimum Gasteiger partial charge on any atom is -0.462 e. The van der Waals surface area contributed by atoms with Gasteiger partial charge >= 0.3 is 39.5 Å². The summed E-state index contributed by atoms with van der Waals surface area (Å²) in [5, 5.41) is 10.7. The molecule has 0 aromatic heterocycles. The van der Waals surface area contributed by atoms with E-state index in [0.29, 0.717) is 32.1 Å². The first kappa shape index (κ1) is 103. The van der Waals surface area contributed by atoms with E-state index in [-0.39, 0.29) is 25.7 Å². The summed E-state index contributed by atoms with van der Waals surface area (Å²) in [6.45, 7) is 4.60. The second kappa shape index (κ2) is 80.0. The summed E-state index contributed by atoms with van der Waals surface area (Å²) in [7, 11) is -10.0. The van der Waals surface area contributed by atoms with Crippen LogP contribution < -0.4 is 0 Å². The first-order valence-corrected chi connectivity index (χ1v) is 45.1. The van der Waals surface area contributed by atoms with Gasteiger partial charge in [-0.1, -0.05) is 315 Å². The SMILES string of the molecule is CC/C=C\C/C=C\C/C=C\C/C=C\C/C=C\CCCCCC(=O)O[C@H](COC(=O)CCCCCCC/C=C\C/C=C\CCCCC)COP(=O)(O)OC[C@H](O)COP(=O)(O)OC[C@@H](COC(=O)CC/C=C\C/C=C\C/C=C\C/C=C\C/C=C\CCCCC)OC(=O)CCCCCCCCCCCCCCCCC. The van der Waals surface area contributed by atoms with E-state index in [1.54, 1.807) is 0 Å². The smallest absolute Gasteiger partial charge is 0.462 e. The summed E-state index contributed by atoms with van der Waals surface area (Å²) in [5.74, 6) is -2.32. The molecule has 618 valence electrons. The van der Waals surface area contributed by atoms with Gasteiger partial charge < -0.3 is 33.8 Å². The fraction of sp³-hybridized carbons (Fsp3) is 0.685. The Kier molecular flexibility index (Phi) is 76.3. The highest BCUT2D eigenvalue weighted by Crippen LogP contribution is 2.45. The number of esters is 4. The van der Waals surface area contributed by atoms with E-state index in [9.17, 15) is 43.2 Å². The zero-order valence-electron chi connectivity index (χ0n) is 67.7. The lowest BCUT2D eigenvalue weighted by Crippen LogP contribution is -2.30. The van der Waals surface area contributed by atoms with Gasteiger partial charge in [0.2, 0.25) is 0 Å². The molecule has 0 aliphatic heterocycles. The Morgan fingerprint density at radius 2 is 0.500 bits per heavy atom. The Morgan fingerprint density at radius 1 is 0.269 bits per heavy atom. The topological polar surface area (TPSA) is 237 Å². The molecule has 0 rings (SSSR count). The normalized spacial score (nSPS) is 14.5. The monoisotopic (exact) mass is 1550 g/mol. The molecule has 0 saturated heterocycles. The van der Waals surface area contributed by atoms with Crippen LogP contribution in [0, 0.1) is 0 Å². The molecule has 3 N–H and O–H groups in total. The van der Waals surface area contributed by atoms with Crippen LogP contribution in [0.25, 0.3) is 0 Å². The lowest BCUT2D eigenvalue weighted by atomic mass is 10.0. The molecule has 0 aromatic carbocycles. The van der Waals surface area contributed by atoms with Gasteiger partial charge in [0.1, 0.15) is 19.3 Å². The number of hydrogen-bond donors (Lipinski definition) is 3. The molecule has 0 radical (unpaired) electrons. The fourth-order valence-electron chi connectivity index (χ4n) is 10.9. The number of carbonyl (C=O) groups excluding carboxylic acids is 4. The van der Waals surface area contributed by atoms with Crippen molar-refractivity contribution in [2.75, 3.05) is 39.6 Å². The van der Waals surface area contributed by atoms with Gasteiger partial charge in [-0.15, -0.1) is 0 Å². The van der Waals surface area contributed by atoms with Crippen LogP contribution in [-0.4, -0.2) is 96.7 Å². The summed E-state index contributed by atoms with van der Waals surface area (Å²) < 4.78 is 68.6. The molecule has 0 heterocycles. The molecule has 108 heavy (non-hydrogen) atoms. The number of hydrogen-bond acceptors (Lipinski definition) is 15. The van der Waals surface area contributed by atoms with Crippen LogP contribution in [-0.2, 0) is 65.4 Å². The molecular weight excluding hydrogens is 1400 g/mol. The van der Waals surface area contributed by atoms with E-state index in [2.05, 4.69) is 161 Å². The van der Waals surface area contributed by atoms with Gasteiger partial charge in [-0.2, -0.15) is 0 Å². The van der Waals surface area contributed by atoms with Crippen molar-refractivity contribution in [3.8, 4) is 0 Å². The van der Waals surface area contributed by atoms with Crippen molar-refractivity contribution in [1.82, 2.24) is 0 Å². The first-order valence-electron chi connectivity index (χ1n) is 42.1. The Hall–Kier alpha value is -5.06. The highest BCUT2D eigenvalue weighted by atomic mass is 31.2. The Bertz CT molecular complexity index is 2610. The molecule has 0 bridgehead atoms. The van der Waals surface area contributed by atoms with E-state index >= 15 is 0 Å². The zero-order chi connectivity index (χ0) is 78.9. The second-order valence-electron chi connectivity index (χ2n) is 27.7. The predicted molar refractivity (Wildman–Crippen MR) is 445 cm³/mol. The van der Waals surface area contributed by atoms with Crippen LogP contribution in [0.15, 0.2) is 146 Å². The molecular formula is C89H150O17P2. The largest absolute Gasteiger partial charge is 0.472 e. The number of aliphatic hydroxyl groups excluding tert-OH is 1. The molecule has 0 amide bonds. The zero-order valence-corrected chi connectivity index (χ0v) is 69.5. The number of phosphoric ester groups is 2. The molecule has 0 aromatic rings. The van der Waals surface area contributed by atoms with Crippen molar-refractivity contribution in [2.45, 2.75) is 354 Å². The van der Waals surface area contributed by atoms with Gasteiger partial charge in [0, 0.05) is 25.7 Å². The minimum absolute atomic E-state index is 0.0360. The highest BCUT2D eigenvalue weighted by Gasteiger charge is 2.30. The maximum Gasteiger partial charge on any atom is 0.472 e. The van der Waals surface area contributed by atoms with Gasteiger partial charge in [-0.25, -0.2) is 9.13 Å². The third-order valence-corrected chi connectivity index (χ3v) is 19.2. The number of allylic oxidation sites excluding steroid dienone is 24. The van der Waals surface area contributed by atoms with Gasteiger partial charge in [0.25, 0.3) is 0 Å². The third-order valence-electron chi connectivity index (χ3n) is 17.3. The fourth-order valence-corrected chi connectivity index (χ4v) is 12.5. The Morgan fingerprint density at radius 3 is 0.824 bits per heavy atom. The third kappa shape index (κ3) is 79.0. The van der Waals surface area contributed by atoms with E-state index in [1.165, 1.54) is 103 Å². The van der Waals surface area contributed by atoms with Crippen molar-refractivity contribution in [3.05, 3.63) is 146 Å². The predicted octanol–water partition coefficient (Wildman–Crippen LogP) is 25.0. The maximum absolute atomic E-state index is 13.1. The molecule has 0 aliphatic rings. The molecule has 5 atom stereocenters. The molecule has 19 heteroatoms. The summed E-state index contributed by atoms with van der Waals surface area (Å²) in [5.41, 5.74) is 0. The van der Waals surface area contributed by atoms with Gasteiger partial charge in [0.05, 0.1) is 26.4 Å². The highest BCUT2D eigenvalue weighted by molar-refractivity contribution is 7.47.